The summed E-state index contributed by atoms with van der Waals surface area (Å²) >= 11 is 2.09. The van der Waals surface area contributed by atoms with Crippen LogP contribution in [0.4, 0.5) is 5.69 Å². The van der Waals surface area contributed by atoms with E-state index in [-0.39, 0.29) is 5.54 Å². The number of anilines is 1. The summed E-state index contributed by atoms with van der Waals surface area (Å²) in [7, 11) is 0. The summed E-state index contributed by atoms with van der Waals surface area (Å²) in [5, 5.41) is 4.90. The zero-order valence-electron chi connectivity index (χ0n) is 13.3. The van der Waals surface area contributed by atoms with Gasteiger partial charge in [-0.2, -0.15) is 11.8 Å². The molecule has 0 amide bonds. The van der Waals surface area contributed by atoms with E-state index >= 15 is 0 Å². The second-order valence-corrected chi connectivity index (χ2v) is 8.65. The molecule has 1 aromatic rings. The Morgan fingerprint density at radius 2 is 1.95 bits per heavy atom. The summed E-state index contributed by atoms with van der Waals surface area (Å²) in [6, 6.07) is 4.37. The Morgan fingerprint density at radius 1 is 1.30 bits per heavy atom. The molecule has 1 aliphatic rings. The second kappa shape index (κ2) is 6.35. The van der Waals surface area contributed by atoms with E-state index in [0.29, 0.717) is 10.5 Å². The number of nitrogens with one attached hydrogen (secondary N) is 1. The van der Waals surface area contributed by atoms with Crippen LogP contribution in [-0.4, -0.2) is 34.1 Å². The minimum Gasteiger partial charge on any atom is -0.369 e. The highest BCUT2D eigenvalue weighted by Crippen LogP contribution is 2.28. The van der Waals surface area contributed by atoms with Crippen molar-refractivity contribution in [2.75, 3.05) is 18.0 Å². The second-order valence-electron chi connectivity index (χ2n) is 6.77. The van der Waals surface area contributed by atoms with E-state index < -0.39 is 0 Å². The van der Waals surface area contributed by atoms with Crippen LogP contribution in [-0.2, 0) is 6.54 Å². The van der Waals surface area contributed by atoms with Crippen molar-refractivity contribution in [2.45, 2.75) is 57.2 Å². The maximum atomic E-state index is 4.48. The van der Waals surface area contributed by atoms with Crippen LogP contribution in [0.25, 0.3) is 0 Å². The van der Waals surface area contributed by atoms with Crippen molar-refractivity contribution in [3.05, 3.63) is 24.0 Å². The van der Waals surface area contributed by atoms with Crippen LogP contribution in [0.15, 0.2) is 18.3 Å². The SMILES string of the molecule is CC1CN(c2ccnc(CNC(C)(C)C)c2)CC(C)S1. The van der Waals surface area contributed by atoms with E-state index in [2.05, 4.69) is 73.7 Å². The lowest BCUT2D eigenvalue weighted by molar-refractivity contribution is 0.421. The molecule has 0 spiro atoms. The highest BCUT2D eigenvalue weighted by Gasteiger charge is 2.22. The number of hydrogen-bond donors (Lipinski definition) is 1. The zero-order valence-corrected chi connectivity index (χ0v) is 14.1. The standard InChI is InChI=1S/C16H27N3S/c1-12-10-19(11-13(2)20-12)15-6-7-17-14(8-15)9-18-16(3,4)5/h6-8,12-13,18H,9-11H2,1-5H3. The average molecular weight is 293 g/mol. The van der Waals surface area contributed by atoms with Crippen molar-refractivity contribution < 1.29 is 0 Å². The molecule has 1 aromatic heterocycles. The van der Waals surface area contributed by atoms with Crippen LogP contribution in [0.2, 0.25) is 0 Å². The first-order valence-electron chi connectivity index (χ1n) is 7.44. The smallest absolute Gasteiger partial charge is 0.0562 e. The predicted octanol–water partition coefficient (Wildman–Crippen LogP) is 3.30. The van der Waals surface area contributed by atoms with E-state index in [1.54, 1.807) is 0 Å². The summed E-state index contributed by atoms with van der Waals surface area (Å²) in [4.78, 5) is 6.98. The summed E-state index contributed by atoms with van der Waals surface area (Å²) in [5.74, 6) is 0. The Morgan fingerprint density at radius 3 is 2.55 bits per heavy atom. The van der Waals surface area contributed by atoms with Gasteiger partial charge in [0.25, 0.3) is 0 Å². The molecule has 0 aromatic carbocycles. The third kappa shape index (κ3) is 4.67. The molecule has 1 fully saturated rings. The summed E-state index contributed by atoms with van der Waals surface area (Å²) in [6.45, 7) is 14.3. The number of nitrogens with zero attached hydrogens (tertiary/aromatic N) is 2. The van der Waals surface area contributed by atoms with Gasteiger partial charge in [-0.25, -0.2) is 0 Å². The molecular weight excluding hydrogens is 266 g/mol. The van der Waals surface area contributed by atoms with Crippen LogP contribution in [0.1, 0.15) is 40.3 Å². The Balaban J connectivity index is 2.05. The van der Waals surface area contributed by atoms with Crippen molar-refractivity contribution >= 4 is 17.4 Å². The number of hydrogen-bond acceptors (Lipinski definition) is 4. The third-order valence-corrected chi connectivity index (χ3v) is 4.61. The van der Waals surface area contributed by atoms with Crippen LogP contribution >= 0.6 is 11.8 Å². The lowest BCUT2D eigenvalue weighted by Crippen LogP contribution is -2.40. The van der Waals surface area contributed by atoms with Crippen molar-refractivity contribution in [3.63, 3.8) is 0 Å². The molecule has 4 heteroatoms. The quantitative estimate of drug-likeness (QED) is 0.925. The van der Waals surface area contributed by atoms with Gasteiger partial charge in [0.15, 0.2) is 0 Å². The number of aromatic nitrogens is 1. The van der Waals surface area contributed by atoms with Crippen molar-refractivity contribution in [3.8, 4) is 0 Å². The van der Waals surface area contributed by atoms with Gasteiger partial charge >= 0.3 is 0 Å². The van der Waals surface area contributed by atoms with Crippen LogP contribution in [0.5, 0.6) is 0 Å². The van der Waals surface area contributed by atoms with Crippen LogP contribution < -0.4 is 10.2 Å². The van der Waals surface area contributed by atoms with Gasteiger partial charge in [0, 0.05) is 47.6 Å². The maximum absolute atomic E-state index is 4.48. The molecular formula is C16H27N3S. The van der Waals surface area contributed by atoms with E-state index in [9.17, 15) is 0 Å². The molecule has 2 unspecified atom stereocenters. The van der Waals surface area contributed by atoms with Crippen molar-refractivity contribution in [1.29, 1.82) is 0 Å². The van der Waals surface area contributed by atoms with Crippen molar-refractivity contribution in [1.82, 2.24) is 10.3 Å². The highest BCUT2D eigenvalue weighted by molar-refractivity contribution is 8.00. The number of thioether (sulfide) groups is 1. The molecule has 0 radical (unpaired) electrons. The van der Waals surface area contributed by atoms with Crippen molar-refractivity contribution in [2.24, 2.45) is 0 Å². The maximum Gasteiger partial charge on any atom is 0.0562 e. The van der Waals surface area contributed by atoms with E-state index in [4.69, 9.17) is 0 Å². The lowest BCUT2D eigenvalue weighted by atomic mass is 10.1. The molecule has 2 heterocycles. The van der Waals surface area contributed by atoms with Gasteiger partial charge in [0.1, 0.15) is 0 Å². The topological polar surface area (TPSA) is 28.2 Å². The van der Waals surface area contributed by atoms with Gasteiger partial charge in [-0.1, -0.05) is 13.8 Å². The fourth-order valence-electron chi connectivity index (χ4n) is 2.50. The number of pyridine rings is 1. The summed E-state index contributed by atoms with van der Waals surface area (Å²) < 4.78 is 0. The zero-order chi connectivity index (χ0) is 14.8. The summed E-state index contributed by atoms with van der Waals surface area (Å²) in [6.07, 6.45) is 1.94. The van der Waals surface area contributed by atoms with Gasteiger partial charge in [-0.15, -0.1) is 0 Å². The minimum absolute atomic E-state index is 0.127. The first-order valence-corrected chi connectivity index (χ1v) is 8.38. The van der Waals surface area contributed by atoms with E-state index in [1.165, 1.54) is 5.69 Å². The summed E-state index contributed by atoms with van der Waals surface area (Å²) in [5.41, 5.74) is 2.56. The largest absolute Gasteiger partial charge is 0.369 e. The van der Waals surface area contributed by atoms with E-state index in [1.807, 2.05) is 6.20 Å². The molecule has 2 atom stereocenters. The molecule has 1 aliphatic heterocycles. The van der Waals surface area contributed by atoms with Gasteiger partial charge < -0.3 is 10.2 Å². The Labute approximate surface area is 127 Å². The van der Waals surface area contributed by atoms with Crippen LogP contribution in [0, 0.1) is 0 Å². The monoisotopic (exact) mass is 293 g/mol. The Bertz CT molecular complexity index is 432. The molecule has 112 valence electrons. The molecule has 0 saturated carbocycles. The Kier molecular flexibility index (Phi) is 4.97. The normalized spacial score (nSPS) is 23.9. The Hall–Kier alpha value is -0.740. The molecule has 1 N–H and O–H groups in total. The first kappa shape index (κ1) is 15.6. The molecule has 20 heavy (non-hydrogen) atoms. The van der Waals surface area contributed by atoms with Crippen LogP contribution in [0.3, 0.4) is 0 Å². The molecule has 3 nitrogen and oxygen atoms in total. The molecule has 2 rings (SSSR count). The fourth-order valence-corrected chi connectivity index (χ4v) is 3.83. The predicted molar refractivity (Wildman–Crippen MR) is 89.6 cm³/mol. The molecule has 1 saturated heterocycles. The van der Waals surface area contributed by atoms with Gasteiger partial charge in [-0.05, 0) is 32.9 Å². The van der Waals surface area contributed by atoms with Gasteiger partial charge in [0.2, 0.25) is 0 Å². The minimum atomic E-state index is 0.127. The first-order chi connectivity index (χ1) is 9.33. The fraction of sp³-hybridized carbons (Fsp3) is 0.688. The molecule has 0 aliphatic carbocycles. The highest BCUT2D eigenvalue weighted by atomic mass is 32.2. The van der Waals surface area contributed by atoms with Gasteiger partial charge in [-0.3, -0.25) is 4.98 Å². The average Bonchev–Trinajstić information content (AvgIpc) is 2.35. The third-order valence-electron chi connectivity index (χ3n) is 3.38. The molecule has 0 bridgehead atoms. The van der Waals surface area contributed by atoms with Gasteiger partial charge in [0.05, 0.1) is 5.69 Å². The van der Waals surface area contributed by atoms with E-state index in [0.717, 1.165) is 25.3 Å². The number of rotatable bonds is 3. The lowest BCUT2D eigenvalue weighted by Gasteiger charge is -2.36.